The predicted octanol–water partition coefficient (Wildman–Crippen LogP) is 3.23. The third-order valence-electron chi connectivity index (χ3n) is 4.00. The van der Waals surface area contributed by atoms with Gasteiger partial charge in [-0.1, -0.05) is 18.2 Å². The highest BCUT2D eigenvalue weighted by molar-refractivity contribution is 5.96. The Hall–Kier alpha value is -3.99. The summed E-state index contributed by atoms with van der Waals surface area (Å²) in [5.74, 6) is -0.463. The molecule has 28 heavy (non-hydrogen) atoms. The molecule has 2 aromatic carbocycles. The van der Waals surface area contributed by atoms with Gasteiger partial charge in [0.2, 0.25) is 0 Å². The summed E-state index contributed by atoms with van der Waals surface area (Å²) in [4.78, 5) is 19.7. The van der Waals surface area contributed by atoms with E-state index in [1.165, 1.54) is 14.2 Å². The molecule has 0 aliphatic heterocycles. The summed E-state index contributed by atoms with van der Waals surface area (Å²) in [5.41, 5.74) is 1.33. The van der Waals surface area contributed by atoms with Crippen LogP contribution in [0.15, 0.2) is 48.2 Å². The molecule has 0 fully saturated rings. The molecule has 8 heteroatoms. The highest BCUT2D eigenvalue weighted by Crippen LogP contribution is 2.29. The first-order chi connectivity index (χ1) is 13.6. The molecule has 0 bridgehead atoms. The average molecular weight is 379 g/mol. The number of nitrogens with zero attached hydrogens (tertiary/aromatic N) is 2. The molecule has 0 atom stereocenters. The summed E-state index contributed by atoms with van der Waals surface area (Å²) in [6, 6.07) is 13.9. The SMILES string of the molecule is COc1cccc(OC)c1C(=O)OC/C(O)=C(\C#N)c1nc2ccccc2[nH]1. The second-order valence-electron chi connectivity index (χ2n) is 5.65. The van der Waals surface area contributed by atoms with E-state index in [4.69, 9.17) is 14.2 Å². The minimum atomic E-state index is -0.761. The van der Waals surface area contributed by atoms with E-state index in [0.29, 0.717) is 11.0 Å². The third-order valence-corrected chi connectivity index (χ3v) is 4.00. The Balaban J connectivity index is 1.85. The molecule has 142 valence electrons. The van der Waals surface area contributed by atoms with Crippen LogP contribution in [0.25, 0.3) is 16.6 Å². The number of H-pyrrole nitrogens is 1. The van der Waals surface area contributed by atoms with E-state index >= 15 is 0 Å². The molecule has 0 saturated heterocycles. The predicted molar refractivity (Wildman–Crippen MR) is 101 cm³/mol. The van der Waals surface area contributed by atoms with E-state index in [-0.39, 0.29) is 28.5 Å². The number of aromatic amines is 1. The van der Waals surface area contributed by atoms with Gasteiger partial charge in [-0.25, -0.2) is 9.78 Å². The van der Waals surface area contributed by atoms with Crippen LogP contribution in [0.3, 0.4) is 0 Å². The molecule has 8 nitrogen and oxygen atoms in total. The van der Waals surface area contributed by atoms with Crippen molar-refractivity contribution in [1.82, 2.24) is 9.97 Å². The van der Waals surface area contributed by atoms with Crippen molar-refractivity contribution in [3.8, 4) is 17.6 Å². The summed E-state index contributed by atoms with van der Waals surface area (Å²) in [5, 5.41) is 19.7. The van der Waals surface area contributed by atoms with Gasteiger partial charge in [-0.15, -0.1) is 0 Å². The van der Waals surface area contributed by atoms with E-state index in [1.54, 1.807) is 30.3 Å². The number of hydrogen-bond donors (Lipinski definition) is 2. The lowest BCUT2D eigenvalue weighted by molar-refractivity contribution is 0.0495. The second-order valence-corrected chi connectivity index (χ2v) is 5.65. The Bertz CT molecular complexity index is 1040. The number of ether oxygens (including phenoxy) is 3. The Morgan fingerprint density at radius 2 is 1.82 bits per heavy atom. The van der Waals surface area contributed by atoms with Crippen molar-refractivity contribution in [3.63, 3.8) is 0 Å². The molecule has 1 heterocycles. The zero-order valence-electron chi connectivity index (χ0n) is 15.2. The maximum absolute atomic E-state index is 12.5. The van der Waals surface area contributed by atoms with Crippen molar-refractivity contribution >= 4 is 22.6 Å². The van der Waals surface area contributed by atoms with Crippen LogP contribution in [0.2, 0.25) is 0 Å². The number of imidazole rings is 1. The van der Waals surface area contributed by atoms with Gasteiger partial charge in [-0.2, -0.15) is 5.26 Å². The summed E-state index contributed by atoms with van der Waals surface area (Å²) >= 11 is 0. The summed E-state index contributed by atoms with van der Waals surface area (Å²) in [6.07, 6.45) is 0. The molecule has 1 aromatic heterocycles. The fraction of sp³-hybridized carbons (Fsp3) is 0.150. The molecule has 3 aromatic rings. The molecule has 0 aliphatic carbocycles. The number of aromatic nitrogens is 2. The van der Waals surface area contributed by atoms with Crippen LogP contribution in [-0.4, -0.2) is 41.9 Å². The largest absolute Gasteiger partial charge is 0.507 e. The maximum Gasteiger partial charge on any atom is 0.346 e. The Morgan fingerprint density at radius 1 is 1.14 bits per heavy atom. The Labute approximate surface area is 160 Å². The number of fused-ring (bicyclic) bond motifs is 1. The normalized spacial score (nSPS) is 11.5. The second kappa shape index (κ2) is 8.14. The number of para-hydroxylation sites is 2. The first-order valence-electron chi connectivity index (χ1n) is 8.24. The van der Waals surface area contributed by atoms with E-state index in [9.17, 15) is 15.2 Å². The monoisotopic (exact) mass is 379 g/mol. The lowest BCUT2D eigenvalue weighted by atomic mass is 10.1. The molecule has 3 rings (SSSR count). The van der Waals surface area contributed by atoms with E-state index in [1.807, 2.05) is 18.2 Å². The van der Waals surface area contributed by atoms with Crippen LogP contribution < -0.4 is 9.47 Å². The number of benzene rings is 2. The minimum absolute atomic E-state index is 0.0857. The van der Waals surface area contributed by atoms with Gasteiger partial charge in [-0.05, 0) is 24.3 Å². The molecule has 0 saturated carbocycles. The average Bonchev–Trinajstić information content (AvgIpc) is 3.15. The van der Waals surface area contributed by atoms with Crippen LogP contribution in [0, 0.1) is 11.3 Å². The van der Waals surface area contributed by atoms with Crippen molar-refractivity contribution in [3.05, 3.63) is 59.6 Å². The quantitative estimate of drug-likeness (QED) is 0.383. The summed E-state index contributed by atoms with van der Waals surface area (Å²) in [6.45, 7) is -0.514. The number of allylic oxidation sites excluding steroid dienone is 1. The highest BCUT2D eigenvalue weighted by atomic mass is 16.5. The minimum Gasteiger partial charge on any atom is -0.507 e. The molecule has 2 N–H and O–H groups in total. The lowest BCUT2D eigenvalue weighted by Crippen LogP contribution is -2.12. The fourth-order valence-electron chi connectivity index (χ4n) is 2.66. The van der Waals surface area contributed by atoms with Gasteiger partial charge in [-0.3, -0.25) is 0 Å². The van der Waals surface area contributed by atoms with Crippen molar-refractivity contribution in [2.24, 2.45) is 0 Å². The molecule has 0 unspecified atom stereocenters. The molecule has 0 spiro atoms. The number of aliphatic hydroxyl groups is 1. The van der Waals surface area contributed by atoms with Crippen LogP contribution in [-0.2, 0) is 4.74 Å². The lowest BCUT2D eigenvalue weighted by Gasteiger charge is -2.12. The number of carbonyl (C=O) groups excluding carboxylic acids is 1. The fourth-order valence-corrected chi connectivity index (χ4v) is 2.66. The van der Waals surface area contributed by atoms with Crippen molar-refractivity contribution in [2.45, 2.75) is 0 Å². The molecule has 0 radical (unpaired) electrons. The zero-order chi connectivity index (χ0) is 20.1. The number of nitriles is 1. The zero-order valence-corrected chi connectivity index (χ0v) is 15.2. The molecule has 0 amide bonds. The van der Waals surface area contributed by atoms with Gasteiger partial charge in [0, 0.05) is 0 Å². The van der Waals surface area contributed by atoms with Gasteiger partial charge in [0.05, 0.1) is 25.3 Å². The number of esters is 1. The number of methoxy groups -OCH3 is 2. The smallest absolute Gasteiger partial charge is 0.346 e. The molecule has 0 aliphatic rings. The number of aliphatic hydroxyl groups excluding tert-OH is 1. The van der Waals surface area contributed by atoms with Crippen LogP contribution in [0.4, 0.5) is 0 Å². The molecular weight excluding hydrogens is 362 g/mol. The highest BCUT2D eigenvalue weighted by Gasteiger charge is 2.21. The summed E-state index contributed by atoms with van der Waals surface area (Å²) < 4.78 is 15.5. The number of rotatable bonds is 6. The number of carbonyl (C=O) groups is 1. The van der Waals surface area contributed by atoms with Gasteiger partial charge < -0.3 is 24.3 Å². The third kappa shape index (κ3) is 3.59. The van der Waals surface area contributed by atoms with Gasteiger partial charge in [0.1, 0.15) is 35.3 Å². The van der Waals surface area contributed by atoms with E-state index in [0.717, 1.165) is 0 Å². The maximum atomic E-state index is 12.5. The first kappa shape index (κ1) is 18.8. The van der Waals surface area contributed by atoms with Crippen LogP contribution in [0.1, 0.15) is 16.2 Å². The Kier molecular flexibility index (Phi) is 5.46. The van der Waals surface area contributed by atoms with E-state index in [2.05, 4.69) is 9.97 Å². The van der Waals surface area contributed by atoms with Crippen molar-refractivity contribution < 1.29 is 24.1 Å². The van der Waals surface area contributed by atoms with Gasteiger partial charge >= 0.3 is 5.97 Å². The topological polar surface area (TPSA) is 117 Å². The number of hydrogen-bond acceptors (Lipinski definition) is 7. The molecular formula is C20H17N3O5. The van der Waals surface area contributed by atoms with Crippen LogP contribution in [0.5, 0.6) is 11.5 Å². The van der Waals surface area contributed by atoms with E-state index < -0.39 is 18.3 Å². The van der Waals surface area contributed by atoms with Crippen LogP contribution >= 0.6 is 0 Å². The number of nitrogens with one attached hydrogen (secondary N) is 1. The van der Waals surface area contributed by atoms with Gasteiger partial charge in [0.15, 0.2) is 11.6 Å². The summed E-state index contributed by atoms with van der Waals surface area (Å²) in [7, 11) is 2.83. The van der Waals surface area contributed by atoms with Gasteiger partial charge in [0.25, 0.3) is 0 Å². The van der Waals surface area contributed by atoms with Crippen molar-refractivity contribution in [1.29, 1.82) is 5.26 Å². The first-order valence-corrected chi connectivity index (χ1v) is 8.24. The Morgan fingerprint density at radius 3 is 2.43 bits per heavy atom. The van der Waals surface area contributed by atoms with Crippen molar-refractivity contribution in [2.75, 3.05) is 20.8 Å². The standard InChI is InChI=1S/C20H17N3O5/c1-26-16-8-5-9-17(27-2)18(16)20(25)28-11-15(24)12(10-21)19-22-13-6-3-4-7-14(13)23-19/h3-9,24H,11H2,1-2H3,(H,22,23)/b15-12-.